The highest BCUT2D eigenvalue weighted by molar-refractivity contribution is 5.95. The van der Waals surface area contributed by atoms with Gasteiger partial charge < -0.3 is 4.90 Å². The van der Waals surface area contributed by atoms with Crippen molar-refractivity contribution in [3.63, 3.8) is 0 Å². The molecule has 0 saturated heterocycles. The molecule has 82 valence electrons. The monoisotopic (exact) mass is 214 g/mol. The Balaban J connectivity index is 2.50. The second-order valence-electron chi connectivity index (χ2n) is 4.49. The largest absolute Gasteiger partial charge is 0.305 e. The third-order valence-electron chi connectivity index (χ3n) is 3.12. The first kappa shape index (κ1) is 10.7. The minimum atomic E-state index is -0.385. The van der Waals surface area contributed by atoms with E-state index in [9.17, 15) is 4.79 Å². The number of anilines is 1. The molecule has 0 fully saturated rings. The smallest absolute Gasteiger partial charge is 0.224 e. The van der Waals surface area contributed by atoms with Crippen molar-refractivity contribution in [2.75, 3.05) is 4.90 Å². The van der Waals surface area contributed by atoms with Crippen LogP contribution in [0.15, 0.2) is 24.3 Å². The highest BCUT2D eigenvalue weighted by Gasteiger charge is 2.41. The van der Waals surface area contributed by atoms with Gasteiger partial charge in [0.2, 0.25) is 5.91 Å². The highest BCUT2D eigenvalue weighted by atomic mass is 16.2. The molecule has 0 aromatic heterocycles. The fourth-order valence-corrected chi connectivity index (χ4v) is 2.52. The Bertz CT molecular complexity index is 475. The summed E-state index contributed by atoms with van der Waals surface area (Å²) in [7, 11) is 0. The lowest BCUT2D eigenvalue weighted by molar-refractivity contribution is -0.117. The van der Waals surface area contributed by atoms with E-state index in [-0.39, 0.29) is 11.4 Å². The molecule has 1 aliphatic rings. The molecule has 1 aliphatic heterocycles. The van der Waals surface area contributed by atoms with Crippen molar-refractivity contribution in [1.82, 2.24) is 0 Å². The maximum atomic E-state index is 11.7. The van der Waals surface area contributed by atoms with Gasteiger partial charge in [0.05, 0.1) is 18.0 Å². The van der Waals surface area contributed by atoms with Crippen LogP contribution in [0.3, 0.4) is 0 Å². The van der Waals surface area contributed by atoms with Crippen LogP contribution in [-0.4, -0.2) is 11.4 Å². The molecule has 16 heavy (non-hydrogen) atoms. The van der Waals surface area contributed by atoms with Crippen LogP contribution in [0.1, 0.15) is 25.8 Å². The molecule has 3 heteroatoms. The van der Waals surface area contributed by atoms with Gasteiger partial charge in [-0.2, -0.15) is 5.26 Å². The van der Waals surface area contributed by atoms with Gasteiger partial charge in [-0.15, -0.1) is 0 Å². The predicted octanol–water partition coefficient (Wildman–Crippen LogP) is 2.27. The van der Waals surface area contributed by atoms with Crippen LogP contribution in [0, 0.1) is 11.3 Å². The van der Waals surface area contributed by atoms with Crippen molar-refractivity contribution in [3.8, 4) is 6.07 Å². The van der Waals surface area contributed by atoms with E-state index >= 15 is 0 Å². The first-order valence-electron chi connectivity index (χ1n) is 5.34. The number of amides is 1. The second kappa shape index (κ2) is 3.64. The zero-order valence-corrected chi connectivity index (χ0v) is 9.53. The molecule has 1 heterocycles. The van der Waals surface area contributed by atoms with Gasteiger partial charge in [0.1, 0.15) is 0 Å². The standard InChI is InChI=1S/C13H14N2O/c1-10(16)15-12-6-4-3-5-11(12)9-13(15,2)7-8-14/h3-6H,7,9H2,1-2H3. The molecule has 1 unspecified atom stereocenters. The summed E-state index contributed by atoms with van der Waals surface area (Å²) in [6, 6.07) is 10.0. The summed E-state index contributed by atoms with van der Waals surface area (Å²) in [5, 5.41) is 8.88. The van der Waals surface area contributed by atoms with Gasteiger partial charge in [0.25, 0.3) is 0 Å². The molecular formula is C13H14N2O. The molecule has 2 rings (SSSR count). The average Bonchev–Trinajstić information content (AvgIpc) is 2.49. The maximum Gasteiger partial charge on any atom is 0.224 e. The van der Waals surface area contributed by atoms with Crippen molar-refractivity contribution in [1.29, 1.82) is 5.26 Å². The quantitative estimate of drug-likeness (QED) is 0.719. The van der Waals surface area contributed by atoms with E-state index in [2.05, 4.69) is 6.07 Å². The van der Waals surface area contributed by atoms with Crippen LogP contribution < -0.4 is 4.90 Å². The highest BCUT2D eigenvalue weighted by Crippen LogP contribution is 2.40. The molecule has 0 aliphatic carbocycles. The first-order chi connectivity index (χ1) is 7.58. The Morgan fingerprint density at radius 3 is 2.88 bits per heavy atom. The van der Waals surface area contributed by atoms with Crippen LogP contribution in [-0.2, 0) is 11.2 Å². The number of nitrogens with zero attached hydrogens (tertiary/aromatic N) is 2. The number of fused-ring (bicyclic) bond motifs is 1. The molecule has 3 nitrogen and oxygen atoms in total. The van der Waals surface area contributed by atoms with Crippen molar-refractivity contribution in [2.24, 2.45) is 0 Å². The van der Waals surface area contributed by atoms with Gasteiger partial charge in [-0.05, 0) is 25.0 Å². The van der Waals surface area contributed by atoms with Gasteiger partial charge in [0.15, 0.2) is 0 Å². The summed E-state index contributed by atoms with van der Waals surface area (Å²) in [6.45, 7) is 3.52. The summed E-state index contributed by atoms with van der Waals surface area (Å²) in [4.78, 5) is 13.5. The Morgan fingerprint density at radius 1 is 1.56 bits per heavy atom. The SMILES string of the molecule is CC(=O)N1c2ccccc2CC1(C)CC#N. The van der Waals surface area contributed by atoms with E-state index in [0.717, 1.165) is 17.7 Å². The van der Waals surface area contributed by atoms with Crippen LogP contribution >= 0.6 is 0 Å². The zero-order valence-electron chi connectivity index (χ0n) is 9.53. The van der Waals surface area contributed by atoms with Crippen molar-refractivity contribution >= 4 is 11.6 Å². The Kier molecular flexibility index (Phi) is 2.43. The molecule has 0 saturated carbocycles. The Labute approximate surface area is 95.3 Å². The zero-order chi connectivity index (χ0) is 11.8. The molecule has 1 atom stereocenters. The van der Waals surface area contributed by atoms with Gasteiger partial charge in [-0.3, -0.25) is 4.79 Å². The summed E-state index contributed by atoms with van der Waals surface area (Å²) < 4.78 is 0. The fraction of sp³-hybridized carbons (Fsp3) is 0.385. The number of nitriles is 1. The Hall–Kier alpha value is -1.82. The summed E-state index contributed by atoms with van der Waals surface area (Å²) in [5.74, 6) is 0.00250. The molecule has 1 aromatic carbocycles. The lowest BCUT2D eigenvalue weighted by Crippen LogP contribution is -2.46. The van der Waals surface area contributed by atoms with E-state index in [0.29, 0.717) is 6.42 Å². The fourth-order valence-electron chi connectivity index (χ4n) is 2.52. The minimum Gasteiger partial charge on any atom is -0.305 e. The Morgan fingerprint density at radius 2 is 2.25 bits per heavy atom. The number of carbonyl (C=O) groups is 1. The lowest BCUT2D eigenvalue weighted by Gasteiger charge is -2.32. The summed E-state index contributed by atoms with van der Waals surface area (Å²) >= 11 is 0. The van der Waals surface area contributed by atoms with Gasteiger partial charge >= 0.3 is 0 Å². The number of hydrogen-bond acceptors (Lipinski definition) is 2. The van der Waals surface area contributed by atoms with E-state index < -0.39 is 0 Å². The molecule has 0 N–H and O–H groups in total. The second-order valence-corrected chi connectivity index (χ2v) is 4.49. The third-order valence-corrected chi connectivity index (χ3v) is 3.12. The van der Waals surface area contributed by atoms with Crippen LogP contribution in [0.2, 0.25) is 0 Å². The topological polar surface area (TPSA) is 44.1 Å². The third kappa shape index (κ3) is 1.47. The summed E-state index contributed by atoms with van der Waals surface area (Å²) in [6.07, 6.45) is 1.12. The van der Waals surface area contributed by atoms with E-state index in [1.807, 2.05) is 31.2 Å². The van der Waals surface area contributed by atoms with Gasteiger partial charge in [-0.25, -0.2) is 0 Å². The van der Waals surface area contributed by atoms with Gasteiger partial charge in [-0.1, -0.05) is 18.2 Å². The van der Waals surface area contributed by atoms with Crippen molar-refractivity contribution < 1.29 is 4.79 Å². The molecular weight excluding hydrogens is 200 g/mol. The van der Waals surface area contributed by atoms with Crippen molar-refractivity contribution in [3.05, 3.63) is 29.8 Å². The molecule has 1 amide bonds. The summed E-state index contributed by atoms with van der Waals surface area (Å²) in [5.41, 5.74) is 1.72. The maximum absolute atomic E-state index is 11.7. The normalized spacial score (nSPS) is 22.7. The first-order valence-corrected chi connectivity index (χ1v) is 5.34. The number of para-hydroxylation sites is 1. The van der Waals surface area contributed by atoms with E-state index in [1.54, 1.807) is 11.8 Å². The van der Waals surface area contributed by atoms with Crippen LogP contribution in [0.4, 0.5) is 5.69 Å². The number of benzene rings is 1. The van der Waals surface area contributed by atoms with E-state index in [1.165, 1.54) is 0 Å². The molecule has 1 aromatic rings. The van der Waals surface area contributed by atoms with Gasteiger partial charge in [0, 0.05) is 12.6 Å². The van der Waals surface area contributed by atoms with Crippen LogP contribution in [0.25, 0.3) is 0 Å². The number of rotatable bonds is 1. The predicted molar refractivity (Wildman–Crippen MR) is 61.9 cm³/mol. The molecule has 0 spiro atoms. The lowest BCUT2D eigenvalue weighted by atomic mass is 9.93. The number of hydrogen-bond donors (Lipinski definition) is 0. The van der Waals surface area contributed by atoms with E-state index in [4.69, 9.17) is 5.26 Å². The number of carbonyl (C=O) groups excluding carboxylic acids is 1. The van der Waals surface area contributed by atoms with Crippen molar-refractivity contribution in [2.45, 2.75) is 32.2 Å². The molecule has 0 bridgehead atoms. The average molecular weight is 214 g/mol. The van der Waals surface area contributed by atoms with Crippen LogP contribution in [0.5, 0.6) is 0 Å². The minimum absolute atomic E-state index is 0.00250. The molecule has 0 radical (unpaired) electrons.